The minimum absolute atomic E-state index is 0.201. The molecule has 0 unspecified atom stereocenters. The number of hydrogen-bond donors (Lipinski definition) is 3. The number of nitrogens with one attached hydrogen (secondary N) is 3. The fourth-order valence-corrected chi connectivity index (χ4v) is 3.22. The lowest BCUT2D eigenvalue weighted by molar-refractivity contribution is -0.123. The molecule has 1 aliphatic rings. The SMILES string of the molecule is COc1ccc(CNC(=O)[C@@H](Cc2ccccc2)NC(=O)N2CCNCC2)cc1. The van der Waals surface area contributed by atoms with Crippen LogP contribution in [0.15, 0.2) is 54.6 Å². The maximum atomic E-state index is 12.9. The Balaban J connectivity index is 1.63. The fourth-order valence-electron chi connectivity index (χ4n) is 3.22. The van der Waals surface area contributed by atoms with Crippen molar-refractivity contribution in [1.29, 1.82) is 0 Å². The van der Waals surface area contributed by atoms with Gasteiger partial charge in [0.15, 0.2) is 0 Å². The topological polar surface area (TPSA) is 82.7 Å². The summed E-state index contributed by atoms with van der Waals surface area (Å²) >= 11 is 0. The smallest absolute Gasteiger partial charge is 0.318 e. The molecular weight excluding hydrogens is 368 g/mol. The maximum Gasteiger partial charge on any atom is 0.318 e. The highest BCUT2D eigenvalue weighted by Gasteiger charge is 2.24. The van der Waals surface area contributed by atoms with Crippen LogP contribution in [0.1, 0.15) is 11.1 Å². The van der Waals surface area contributed by atoms with E-state index in [0.717, 1.165) is 30.0 Å². The number of methoxy groups -OCH3 is 1. The Morgan fingerprint density at radius 1 is 1.03 bits per heavy atom. The lowest BCUT2D eigenvalue weighted by Gasteiger charge is -2.29. The predicted octanol–water partition coefficient (Wildman–Crippen LogP) is 1.54. The highest BCUT2D eigenvalue weighted by molar-refractivity contribution is 5.87. The van der Waals surface area contributed by atoms with E-state index < -0.39 is 6.04 Å². The molecule has 1 saturated heterocycles. The van der Waals surface area contributed by atoms with Crippen LogP contribution in [0.4, 0.5) is 4.79 Å². The van der Waals surface area contributed by atoms with Crippen LogP contribution in [0.5, 0.6) is 5.75 Å². The molecule has 7 nitrogen and oxygen atoms in total. The zero-order chi connectivity index (χ0) is 20.5. The quantitative estimate of drug-likeness (QED) is 0.663. The third-order valence-electron chi connectivity index (χ3n) is 4.93. The van der Waals surface area contributed by atoms with Crippen molar-refractivity contribution in [2.24, 2.45) is 0 Å². The Labute approximate surface area is 171 Å². The number of amides is 3. The Bertz CT molecular complexity index is 789. The average Bonchev–Trinajstić information content (AvgIpc) is 2.78. The molecule has 3 N–H and O–H groups in total. The van der Waals surface area contributed by atoms with Gasteiger partial charge in [-0.15, -0.1) is 0 Å². The number of piperazine rings is 1. The number of carbonyl (C=O) groups excluding carboxylic acids is 2. The van der Waals surface area contributed by atoms with Gasteiger partial charge in [0.05, 0.1) is 7.11 Å². The van der Waals surface area contributed by atoms with Crippen molar-refractivity contribution in [1.82, 2.24) is 20.9 Å². The normalized spacial score (nSPS) is 14.7. The molecule has 1 fully saturated rings. The van der Waals surface area contributed by atoms with Gasteiger partial charge in [0.1, 0.15) is 11.8 Å². The third-order valence-corrected chi connectivity index (χ3v) is 4.93. The predicted molar refractivity (Wildman–Crippen MR) is 112 cm³/mol. The Morgan fingerprint density at radius 3 is 2.38 bits per heavy atom. The van der Waals surface area contributed by atoms with E-state index in [2.05, 4.69) is 16.0 Å². The van der Waals surface area contributed by atoms with Crippen LogP contribution in [0.3, 0.4) is 0 Å². The number of benzene rings is 2. The van der Waals surface area contributed by atoms with Crippen molar-refractivity contribution in [3.05, 3.63) is 65.7 Å². The van der Waals surface area contributed by atoms with Gasteiger partial charge in [0.25, 0.3) is 0 Å². The summed E-state index contributed by atoms with van der Waals surface area (Å²) in [6, 6.07) is 16.4. The molecule has 0 aromatic heterocycles. The van der Waals surface area contributed by atoms with Gasteiger partial charge in [-0.05, 0) is 23.3 Å². The van der Waals surface area contributed by atoms with Gasteiger partial charge in [-0.2, -0.15) is 0 Å². The highest BCUT2D eigenvalue weighted by Crippen LogP contribution is 2.11. The van der Waals surface area contributed by atoms with E-state index in [1.807, 2.05) is 54.6 Å². The molecule has 0 saturated carbocycles. The van der Waals surface area contributed by atoms with Crippen LogP contribution in [0.25, 0.3) is 0 Å². The number of rotatable bonds is 7. The molecule has 3 rings (SSSR count). The summed E-state index contributed by atoms with van der Waals surface area (Å²) < 4.78 is 5.16. The summed E-state index contributed by atoms with van der Waals surface area (Å²) in [5.74, 6) is 0.568. The first-order valence-corrected chi connectivity index (χ1v) is 9.86. The zero-order valence-electron chi connectivity index (χ0n) is 16.7. The van der Waals surface area contributed by atoms with Crippen LogP contribution in [0, 0.1) is 0 Å². The summed E-state index contributed by atoms with van der Waals surface area (Å²) in [6.07, 6.45) is 0.438. The minimum Gasteiger partial charge on any atom is -0.497 e. The average molecular weight is 396 g/mol. The second kappa shape index (κ2) is 10.5. The van der Waals surface area contributed by atoms with Crippen LogP contribution in [0.2, 0.25) is 0 Å². The van der Waals surface area contributed by atoms with E-state index in [4.69, 9.17) is 4.74 Å². The van der Waals surface area contributed by atoms with Crippen molar-refractivity contribution >= 4 is 11.9 Å². The van der Waals surface area contributed by atoms with Crippen molar-refractivity contribution in [3.63, 3.8) is 0 Å². The van der Waals surface area contributed by atoms with Crippen molar-refractivity contribution < 1.29 is 14.3 Å². The van der Waals surface area contributed by atoms with Crippen LogP contribution >= 0.6 is 0 Å². The maximum absolute atomic E-state index is 12.9. The zero-order valence-corrected chi connectivity index (χ0v) is 16.7. The molecule has 154 valence electrons. The van der Waals surface area contributed by atoms with Gasteiger partial charge in [-0.25, -0.2) is 4.79 Å². The molecule has 2 aromatic rings. The molecule has 1 heterocycles. The summed E-state index contributed by atoms with van der Waals surface area (Å²) in [6.45, 7) is 3.19. The van der Waals surface area contributed by atoms with E-state index in [9.17, 15) is 9.59 Å². The van der Waals surface area contributed by atoms with Gasteiger partial charge < -0.3 is 25.6 Å². The van der Waals surface area contributed by atoms with Crippen LogP contribution in [-0.2, 0) is 17.8 Å². The highest BCUT2D eigenvalue weighted by atomic mass is 16.5. The summed E-state index contributed by atoms with van der Waals surface area (Å²) in [5, 5.41) is 9.08. The lowest BCUT2D eigenvalue weighted by atomic mass is 10.1. The molecule has 7 heteroatoms. The summed E-state index contributed by atoms with van der Waals surface area (Å²) in [4.78, 5) is 27.3. The number of hydrogen-bond acceptors (Lipinski definition) is 4. The molecular formula is C22H28N4O3. The Morgan fingerprint density at radius 2 is 1.72 bits per heavy atom. The van der Waals surface area contributed by atoms with Crippen molar-refractivity contribution in [2.75, 3.05) is 33.3 Å². The van der Waals surface area contributed by atoms with Crippen molar-refractivity contribution in [3.8, 4) is 5.75 Å². The first kappa shape index (κ1) is 20.7. The van der Waals surface area contributed by atoms with E-state index >= 15 is 0 Å². The molecule has 3 amide bonds. The van der Waals surface area contributed by atoms with Crippen molar-refractivity contribution in [2.45, 2.75) is 19.0 Å². The first-order chi connectivity index (χ1) is 14.2. The van der Waals surface area contributed by atoms with E-state index in [1.165, 1.54) is 0 Å². The lowest BCUT2D eigenvalue weighted by Crippen LogP contribution is -2.55. The van der Waals surface area contributed by atoms with Gasteiger partial charge in [-0.3, -0.25) is 4.79 Å². The standard InChI is InChI=1S/C22H28N4O3/c1-29-19-9-7-18(8-10-19)16-24-21(27)20(15-17-5-3-2-4-6-17)25-22(28)26-13-11-23-12-14-26/h2-10,20,23H,11-16H2,1H3,(H,24,27)(H,25,28)/t20-/m1/s1. The van der Waals surface area contributed by atoms with Gasteiger partial charge in [0.2, 0.25) is 5.91 Å². The third kappa shape index (κ3) is 6.22. The molecule has 1 aliphatic heterocycles. The van der Waals surface area contributed by atoms with Gasteiger partial charge in [-0.1, -0.05) is 42.5 Å². The first-order valence-electron chi connectivity index (χ1n) is 9.86. The molecule has 29 heavy (non-hydrogen) atoms. The minimum atomic E-state index is -0.641. The molecule has 0 aliphatic carbocycles. The Kier molecular flexibility index (Phi) is 7.47. The van der Waals surface area contributed by atoms with Gasteiger partial charge in [0, 0.05) is 39.1 Å². The number of ether oxygens (including phenoxy) is 1. The van der Waals surface area contributed by atoms with E-state index in [-0.39, 0.29) is 11.9 Å². The van der Waals surface area contributed by atoms with Crippen LogP contribution < -0.4 is 20.7 Å². The van der Waals surface area contributed by atoms with E-state index in [1.54, 1.807) is 12.0 Å². The second-order valence-electron chi connectivity index (χ2n) is 6.99. The van der Waals surface area contributed by atoms with Gasteiger partial charge >= 0.3 is 6.03 Å². The molecule has 2 aromatic carbocycles. The summed E-state index contributed by atoms with van der Waals surface area (Å²) in [5.41, 5.74) is 1.96. The molecule has 0 radical (unpaired) electrons. The number of urea groups is 1. The molecule has 0 spiro atoms. The molecule has 1 atom stereocenters. The number of carbonyl (C=O) groups is 2. The molecule has 0 bridgehead atoms. The largest absolute Gasteiger partial charge is 0.497 e. The second-order valence-corrected chi connectivity index (χ2v) is 6.99. The van der Waals surface area contributed by atoms with E-state index in [0.29, 0.717) is 26.1 Å². The monoisotopic (exact) mass is 396 g/mol. The Hall–Kier alpha value is -3.06. The van der Waals surface area contributed by atoms with Crippen LogP contribution in [-0.4, -0.2) is 56.2 Å². The number of nitrogens with zero attached hydrogens (tertiary/aromatic N) is 1. The fraction of sp³-hybridized carbons (Fsp3) is 0.364. The summed E-state index contributed by atoms with van der Waals surface area (Å²) in [7, 11) is 1.62.